The Labute approximate surface area is 201 Å². The molecule has 0 radical (unpaired) electrons. The Morgan fingerprint density at radius 2 is 1.72 bits per heavy atom. The number of benzene rings is 2. The van der Waals surface area contributed by atoms with Gasteiger partial charge in [-0.25, -0.2) is 10.5 Å². The number of carbonyl (C=O) groups is 1. The van der Waals surface area contributed by atoms with Crippen molar-refractivity contribution in [3.05, 3.63) is 102 Å². The number of likely N-dealkylation sites (tertiary alicyclic amines) is 1. The van der Waals surface area contributed by atoms with E-state index in [0.717, 1.165) is 24.3 Å². The molecule has 0 spiro atoms. The fourth-order valence-electron chi connectivity index (χ4n) is 4.03. The van der Waals surface area contributed by atoms with Gasteiger partial charge in [-0.15, -0.1) is 0 Å². The fourth-order valence-corrected chi connectivity index (χ4v) is 5.17. The lowest BCUT2D eigenvalue weighted by molar-refractivity contribution is -0.124. The standard InChI is InChI=1S/C25H25IN4O2/c26-25-21(28-22-13-11-18(17-27-22)12-14-23(31)29-32)15-16-30(25)24(19-7-3-1-4-8-19)20-9-5-2-6-10-20/h1-14,17,21,24-25,32H,15-16H2,(H,27,28)(H,29,31)/t21-,25?/m1/s1. The molecule has 3 N–H and O–H groups in total. The Balaban J connectivity index is 1.48. The number of amides is 1. The van der Waals surface area contributed by atoms with Crippen LogP contribution in [0, 0.1) is 0 Å². The minimum absolute atomic E-state index is 0.198. The van der Waals surface area contributed by atoms with Crippen molar-refractivity contribution in [1.29, 1.82) is 0 Å². The second-order valence-electron chi connectivity index (χ2n) is 7.66. The van der Waals surface area contributed by atoms with Crippen LogP contribution in [0.2, 0.25) is 0 Å². The lowest BCUT2D eigenvalue weighted by Crippen LogP contribution is -2.36. The van der Waals surface area contributed by atoms with Crippen molar-refractivity contribution in [1.82, 2.24) is 15.4 Å². The molecule has 2 heterocycles. The molecule has 0 saturated carbocycles. The minimum Gasteiger partial charge on any atom is -0.365 e. The second kappa shape index (κ2) is 10.7. The molecule has 1 fully saturated rings. The van der Waals surface area contributed by atoms with Gasteiger partial charge in [0.1, 0.15) is 5.82 Å². The molecule has 4 rings (SSSR count). The van der Waals surface area contributed by atoms with Crippen LogP contribution in [0.4, 0.5) is 5.82 Å². The molecule has 2 atom stereocenters. The summed E-state index contributed by atoms with van der Waals surface area (Å²) in [6.07, 6.45) is 5.58. The molecular weight excluding hydrogens is 515 g/mol. The van der Waals surface area contributed by atoms with Crippen molar-refractivity contribution >= 4 is 40.4 Å². The summed E-state index contributed by atoms with van der Waals surface area (Å²) in [6, 6.07) is 25.6. The van der Waals surface area contributed by atoms with Crippen LogP contribution >= 0.6 is 22.6 Å². The lowest BCUT2D eigenvalue weighted by Gasteiger charge is -2.33. The summed E-state index contributed by atoms with van der Waals surface area (Å²) in [4.78, 5) is 18.2. The largest absolute Gasteiger partial charge is 0.365 e. The van der Waals surface area contributed by atoms with Crippen LogP contribution in [-0.4, -0.2) is 37.6 Å². The zero-order chi connectivity index (χ0) is 22.3. The molecular formula is C25H25IN4O2. The normalized spacial score (nSPS) is 18.8. The average molecular weight is 540 g/mol. The maximum atomic E-state index is 11.1. The zero-order valence-corrected chi connectivity index (χ0v) is 19.6. The molecule has 32 heavy (non-hydrogen) atoms. The number of alkyl halides is 1. The second-order valence-corrected chi connectivity index (χ2v) is 8.94. The summed E-state index contributed by atoms with van der Waals surface area (Å²) < 4.78 is 0.285. The van der Waals surface area contributed by atoms with Crippen LogP contribution in [0.25, 0.3) is 6.08 Å². The molecule has 1 amide bonds. The zero-order valence-electron chi connectivity index (χ0n) is 17.4. The number of rotatable bonds is 7. The quantitative estimate of drug-likeness (QED) is 0.102. The predicted molar refractivity (Wildman–Crippen MR) is 134 cm³/mol. The van der Waals surface area contributed by atoms with E-state index in [1.54, 1.807) is 17.8 Å². The minimum atomic E-state index is -0.572. The number of hydroxylamine groups is 1. The van der Waals surface area contributed by atoms with E-state index in [1.807, 2.05) is 12.1 Å². The van der Waals surface area contributed by atoms with Crippen LogP contribution in [0.15, 0.2) is 85.1 Å². The van der Waals surface area contributed by atoms with Gasteiger partial charge < -0.3 is 5.32 Å². The lowest BCUT2D eigenvalue weighted by atomic mass is 9.97. The number of halogens is 1. The van der Waals surface area contributed by atoms with Crippen molar-refractivity contribution in [2.75, 3.05) is 11.9 Å². The van der Waals surface area contributed by atoms with Gasteiger partial charge in [-0.05, 0) is 41.3 Å². The third kappa shape index (κ3) is 5.35. The van der Waals surface area contributed by atoms with Crippen molar-refractivity contribution in [3.63, 3.8) is 0 Å². The molecule has 7 heteroatoms. The molecule has 0 bridgehead atoms. The number of hydrogen-bond acceptors (Lipinski definition) is 5. The van der Waals surface area contributed by atoms with Gasteiger partial charge in [0.05, 0.1) is 16.1 Å². The number of anilines is 1. The molecule has 1 aliphatic heterocycles. The number of nitrogens with zero attached hydrogens (tertiary/aromatic N) is 2. The third-order valence-corrected chi connectivity index (χ3v) is 7.15. The molecule has 6 nitrogen and oxygen atoms in total. The molecule has 2 aromatic carbocycles. The van der Waals surface area contributed by atoms with Crippen LogP contribution in [-0.2, 0) is 4.79 Å². The Bertz CT molecular complexity index is 1010. The average Bonchev–Trinajstić information content (AvgIpc) is 3.19. The van der Waals surface area contributed by atoms with Gasteiger partial charge in [0.15, 0.2) is 0 Å². The van der Waals surface area contributed by atoms with E-state index in [2.05, 4.69) is 98.5 Å². The van der Waals surface area contributed by atoms with Gasteiger partial charge in [0, 0.05) is 18.8 Å². The van der Waals surface area contributed by atoms with Crippen LogP contribution in [0.1, 0.15) is 29.2 Å². The summed E-state index contributed by atoms with van der Waals surface area (Å²) in [7, 11) is 0. The van der Waals surface area contributed by atoms with Crippen molar-refractivity contribution in [2.45, 2.75) is 22.6 Å². The first-order valence-electron chi connectivity index (χ1n) is 10.5. The van der Waals surface area contributed by atoms with Crippen LogP contribution in [0.5, 0.6) is 0 Å². The smallest absolute Gasteiger partial charge is 0.267 e. The van der Waals surface area contributed by atoms with Gasteiger partial charge in [-0.1, -0.05) is 83.3 Å². The van der Waals surface area contributed by atoms with Crippen LogP contribution in [0.3, 0.4) is 0 Å². The Morgan fingerprint density at radius 3 is 2.28 bits per heavy atom. The number of nitrogens with one attached hydrogen (secondary N) is 2. The van der Waals surface area contributed by atoms with E-state index in [9.17, 15) is 4.79 Å². The summed E-state index contributed by atoms with van der Waals surface area (Å²) in [5.41, 5.74) is 4.94. The first-order valence-corrected chi connectivity index (χ1v) is 11.7. The first kappa shape index (κ1) is 22.4. The van der Waals surface area contributed by atoms with Crippen molar-refractivity contribution in [2.24, 2.45) is 0 Å². The Kier molecular flexibility index (Phi) is 7.51. The van der Waals surface area contributed by atoms with Crippen molar-refractivity contribution in [3.8, 4) is 0 Å². The van der Waals surface area contributed by atoms with E-state index < -0.39 is 5.91 Å². The van der Waals surface area contributed by atoms with Gasteiger partial charge in [0.25, 0.3) is 5.91 Å². The number of pyridine rings is 1. The van der Waals surface area contributed by atoms with E-state index >= 15 is 0 Å². The number of carbonyl (C=O) groups excluding carboxylic acids is 1. The maximum Gasteiger partial charge on any atom is 0.267 e. The third-order valence-electron chi connectivity index (χ3n) is 5.57. The molecule has 164 valence electrons. The highest BCUT2D eigenvalue weighted by Gasteiger charge is 2.37. The van der Waals surface area contributed by atoms with Gasteiger partial charge in [-0.3, -0.25) is 14.9 Å². The van der Waals surface area contributed by atoms with Gasteiger partial charge in [0.2, 0.25) is 0 Å². The Morgan fingerprint density at radius 1 is 1.06 bits per heavy atom. The summed E-state index contributed by atoms with van der Waals surface area (Å²) in [5, 5.41) is 12.1. The highest BCUT2D eigenvalue weighted by atomic mass is 127. The SMILES string of the molecule is O=C(C=Cc1ccc(N[C@@H]2CCN(C(c3ccccc3)c3ccccc3)C2I)nc1)NO. The summed E-state index contributed by atoms with van der Waals surface area (Å²) in [6.45, 7) is 0.983. The van der Waals surface area contributed by atoms with Crippen molar-refractivity contribution < 1.29 is 10.0 Å². The molecule has 1 saturated heterocycles. The molecule has 0 aliphatic carbocycles. The summed E-state index contributed by atoms with van der Waals surface area (Å²) >= 11 is 2.54. The molecule has 1 aliphatic rings. The fraction of sp³-hybridized carbons (Fsp3) is 0.200. The van der Waals surface area contributed by atoms with E-state index in [4.69, 9.17) is 5.21 Å². The first-order chi connectivity index (χ1) is 15.7. The van der Waals surface area contributed by atoms with E-state index in [1.165, 1.54) is 17.2 Å². The summed E-state index contributed by atoms with van der Waals surface area (Å²) in [5.74, 6) is 0.232. The van der Waals surface area contributed by atoms with E-state index in [-0.39, 0.29) is 16.1 Å². The molecule has 1 aromatic heterocycles. The highest BCUT2D eigenvalue weighted by molar-refractivity contribution is 14.1. The predicted octanol–water partition coefficient (Wildman–Crippen LogP) is 4.64. The molecule has 1 unspecified atom stereocenters. The highest BCUT2D eigenvalue weighted by Crippen LogP contribution is 2.37. The Hall–Kier alpha value is -2.75. The topological polar surface area (TPSA) is 77.5 Å². The van der Waals surface area contributed by atoms with Gasteiger partial charge in [-0.2, -0.15) is 0 Å². The maximum absolute atomic E-state index is 11.1. The number of aromatic nitrogens is 1. The van der Waals surface area contributed by atoms with Crippen LogP contribution < -0.4 is 10.8 Å². The van der Waals surface area contributed by atoms with Gasteiger partial charge >= 0.3 is 0 Å². The number of hydrogen-bond donors (Lipinski definition) is 3. The van der Waals surface area contributed by atoms with E-state index in [0.29, 0.717) is 0 Å². The molecule has 3 aromatic rings. The monoisotopic (exact) mass is 540 g/mol.